The van der Waals surface area contributed by atoms with Gasteiger partial charge in [-0.1, -0.05) is 27.7 Å². The van der Waals surface area contributed by atoms with E-state index in [1.165, 1.54) is 25.7 Å². The Labute approximate surface area is 130 Å². The van der Waals surface area contributed by atoms with Crippen molar-refractivity contribution in [1.29, 1.82) is 0 Å². The van der Waals surface area contributed by atoms with Crippen LogP contribution in [0.2, 0.25) is 0 Å². The van der Waals surface area contributed by atoms with Gasteiger partial charge in [-0.05, 0) is 85.4 Å². The molecule has 1 heterocycles. The predicted molar refractivity (Wildman–Crippen MR) is 84.8 cm³/mol. The summed E-state index contributed by atoms with van der Waals surface area (Å²) in [5, 5.41) is 0. The van der Waals surface area contributed by atoms with E-state index in [1.807, 2.05) is 0 Å². The minimum absolute atomic E-state index is 0.257. The molecule has 1 heteroatoms. The molecular formula is C20H32O. The molecule has 10 unspecified atom stereocenters. The van der Waals surface area contributed by atoms with E-state index in [1.54, 1.807) is 0 Å². The fourth-order valence-corrected chi connectivity index (χ4v) is 7.90. The summed E-state index contributed by atoms with van der Waals surface area (Å²) < 4.78 is 6.33. The largest absolute Gasteiger partial charge is 0.366 e. The van der Waals surface area contributed by atoms with Crippen molar-refractivity contribution in [1.82, 2.24) is 0 Å². The van der Waals surface area contributed by atoms with Gasteiger partial charge in [-0.2, -0.15) is 0 Å². The molecule has 0 N–H and O–H groups in total. The zero-order chi connectivity index (χ0) is 14.7. The molecule has 0 spiro atoms. The summed E-state index contributed by atoms with van der Waals surface area (Å²) in [6.07, 6.45) is 6.44. The highest BCUT2D eigenvalue weighted by Gasteiger charge is 2.72. The predicted octanol–water partition coefficient (Wildman–Crippen LogP) is 4.75. The van der Waals surface area contributed by atoms with Crippen LogP contribution in [0.4, 0.5) is 0 Å². The average Bonchev–Trinajstić information content (AvgIpc) is 3.12. The van der Waals surface area contributed by atoms with Crippen LogP contribution in [0.3, 0.4) is 0 Å². The van der Waals surface area contributed by atoms with Crippen LogP contribution in [0.15, 0.2) is 0 Å². The van der Waals surface area contributed by atoms with Crippen molar-refractivity contribution in [3.05, 3.63) is 0 Å². The Bertz CT molecular complexity index is 482. The molecule has 4 saturated carbocycles. The number of fused-ring (bicyclic) bond motifs is 7. The summed E-state index contributed by atoms with van der Waals surface area (Å²) in [5.41, 5.74) is 0.880. The molecule has 0 bridgehead atoms. The molecule has 4 aliphatic carbocycles. The lowest BCUT2D eigenvalue weighted by molar-refractivity contribution is 0.0443. The number of ether oxygens (including phenoxy) is 1. The topological polar surface area (TPSA) is 12.5 Å². The van der Waals surface area contributed by atoms with Crippen LogP contribution < -0.4 is 0 Å². The lowest BCUT2D eigenvalue weighted by Crippen LogP contribution is -2.36. The maximum atomic E-state index is 6.33. The van der Waals surface area contributed by atoms with Crippen LogP contribution in [-0.4, -0.2) is 11.7 Å². The molecule has 5 rings (SSSR count). The Hall–Kier alpha value is -0.0400. The van der Waals surface area contributed by atoms with E-state index in [0.29, 0.717) is 11.5 Å². The molecule has 0 amide bonds. The van der Waals surface area contributed by atoms with Crippen molar-refractivity contribution in [2.45, 2.75) is 72.0 Å². The lowest BCUT2D eigenvalue weighted by Gasteiger charge is -2.41. The molecule has 10 atom stereocenters. The minimum Gasteiger partial charge on any atom is -0.366 e. The molecule has 118 valence electrons. The fraction of sp³-hybridized carbons (Fsp3) is 1.00. The van der Waals surface area contributed by atoms with Crippen molar-refractivity contribution in [3.63, 3.8) is 0 Å². The number of hydrogen-bond donors (Lipinski definition) is 0. The van der Waals surface area contributed by atoms with Crippen LogP contribution in [0.1, 0.15) is 60.3 Å². The Morgan fingerprint density at radius 1 is 0.905 bits per heavy atom. The Kier molecular flexibility index (Phi) is 2.37. The molecule has 0 radical (unpaired) electrons. The third-order valence-corrected chi connectivity index (χ3v) is 8.74. The maximum absolute atomic E-state index is 6.33. The Morgan fingerprint density at radius 2 is 1.62 bits per heavy atom. The van der Waals surface area contributed by atoms with Crippen LogP contribution in [0, 0.1) is 52.8 Å². The molecule has 1 aliphatic heterocycles. The molecule has 21 heavy (non-hydrogen) atoms. The van der Waals surface area contributed by atoms with Crippen molar-refractivity contribution in [3.8, 4) is 0 Å². The highest BCUT2D eigenvalue weighted by Crippen LogP contribution is 2.74. The molecule has 5 fully saturated rings. The first kappa shape index (κ1) is 13.4. The maximum Gasteiger partial charge on any atom is 0.0926 e. The van der Waals surface area contributed by atoms with Gasteiger partial charge < -0.3 is 4.74 Å². The first-order valence-corrected chi connectivity index (χ1v) is 9.51. The van der Waals surface area contributed by atoms with Gasteiger partial charge in [0.05, 0.1) is 11.7 Å². The monoisotopic (exact) mass is 288 g/mol. The number of hydrogen-bond acceptors (Lipinski definition) is 1. The summed E-state index contributed by atoms with van der Waals surface area (Å²) >= 11 is 0. The first-order chi connectivity index (χ1) is 9.83. The van der Waals surface area contributed by atoms with Crippen molar-refractivity contribution in [2.75, 3.05) is 0 Å². The molecular weight excluding hydrogens is 256 g/mol. The van der Waals surface area contributed by atoms with Crippen LogP contribution in [0.25, 0.3) is 0 Å². The first-order valence-electron chi connectivity index (χ1n) is 9.51. The van der Waals surface area contributed by atoms with E-state index in [2.05, 4.69) is 34.6 Å². The number of epoxide rings is 1. The SMILES string of the molecule is CC1CC2C(C1)C1OC1(C)CC1C2C(C)CC2C1C2(C)C. The molecule has 5 aliphatic rings. The average molecular weight is 288 g/mol. The summed E-state index contributed by atoms with van der Waals surface area (Å²) in [6.45, 7) is 12.6. The molecule has 0 aromatic heterocycles. The van der Waals surface area contributed by atoms with Gasteiger partial charge in [0, 0.05) is 0 Å². The Balaban J connectivity index is 1.55. The van der Waals surface area contributed by atoms with Gasteiger partial charge in [0.1, 0.15) is 0 Å². The second-order valence-electron chi connectivity index (χ2n) is 10.4. The smallest absolute Gasteiger partial charge is 0.0926 e. The Morgan fingerprint density at radius 3 is 2.38 bits per heavy atom. The summed E-state index contributed by atoms with van der Waals surface area (Å²) in [5.74, 6) is 7.76. The summed E-state index contributed by atoms with van der Waals surface area (Å²) in [4.78, 5) is 0. The zero-order valence-corrected chi connectivity index (χ0v) is 14.4. The van der Waals surface area contributed by atoms with E-state index in [9.17, 15) is 0 Å². The molecule has 1 nitrogen and oxygen atoms in total. The standard InChI is InChI=1S/C20H32O/c1-10-6-12-13(7-10)18-20(5,21-18)9-14-16(12)11(2)8-15-17(14)19(15,3)4/h10-18H,6-9H2,1-5H3. The van der Waals surface area contributed by atoms with Crippen LogP contribution >= 0.6 is 0 Å². The van der Waals surface area contributed by atoms with E-state index < -0.39 is 0 Å². The normalized spacial score (nSPS) is 66.4. The highest BCUT2D eigenvalue weighted by atomic mass is 16.6. The molecule has 0 aromatic carbocycles. The van der Waals surface area contributed by atoms with E-state index in [4.69, 9.17) is 4.74 Å². The van der Waals surface area contributed by atoms with E-state index >= 15 is 0 Å². The van der Waals surface area contributed by atoms with Gasteiger partial charge in [0.25, 0.3) is 0 Å². The van der Waals surface area contributed by atoms with Crippen LogP contribution in [-0.2, 0) is 4.74 Å². The molecule has 0 aromatic rings. The highest BCUT2D eigenvalue weighted by molar-refractivity contribution is 5.20. The van der Waals surface area contributed by atoms with Crippen molar-refractivity contribution >= 4 is 0 Å². The number of rotatable bonds is 0. The van der Waals surface area contributed by atoms with Gasteiger partial charge in [-0.3, -0.25) is 0 Å². The van der Waals surface area contributed by atoms with Crippen LogP contribution in [0.5, 0.6) is 0 Å². The van der Waals surface area contributed by atoms with Gasteiger partial charge in [-0.25, -0.2) is 0 Å². The summed E-state index contributed by atoms with van der Waals surface area (Å²) in [6, 6.07) is 0. The van der Waals surface area contributed by atoms with Crippen molar-refractivity contribution < 1.29 is 4.74 Å². The lowest BCUT2D eigenvalue weighted by atomic mass is 9.64. The second-order valence-corrected chi connectivity index (χ2v) is 10.4. The third-order valence-electron chi connectivity index (χ3n) is 8.74. The van der Waals surface area contributed by atoms with Gasteiger partial charge in [0.2, 0.25) is 0 Å². The van der Waals surface area contributed by atoms with E-state index in [-0.39, 0.29) is 5.60 Å². The minimum atomic E-state index is 0.257. The van der Waals surface area contributed by atoms with Gasteiger partial charge >= 0.3 is 0 Å². The van der Waals surface area contributed by atoms with Gasteiger partial charge in [-0.15, -0.1) is 0 Å². The third kappa shape index (κ3) is 1.57. The fourth-order valence-electron chi connectivity index (χ4n) is 7.90. The van der Waals surface area contributed by atoms with E-state index in [0.717, 1.165) is 47.3 Å². The molecule has 1 saturated heterocycles. The summed E-state index contributed by atoms with van der Waals surface area (Å²) in [7, 11) is 0. The quantitative estimate of drug-likeness (QED) is 0.586. The van der Waals surface area contributed by atoms with Gasteiger partial charge in [0.15, 0.2) is 0 Å². The second kappa shape index (κ2) is 3.71. The zero-order valence-electron chi connectivity index (χ0n) is 14.4. The van der Waals surface area contributed by atoms with Crippen molar-refractivity contribution in [2.24, 2.45) is 52.8 Å².